The molecule has 0 fully saturated rings. The second-order valence-corrected chi connectivity index (χ2v) is 12.9. The highest BCUT2D eigenvalue weighted by molar-refractivity contribution is 6.19. The third-order valence-electron chi connectivity index (χ3n) is 9.99. The Balaban J connectivity index is 1.27. The normalized spacial score (nSPS) is 15.4. The molecule has 0 N–H and O–H groups in total. The summed E-state index contributed by atoms with van der Waals surface area (Å²) in [6.45, 7) is 0. The lowest BCUT2D eigenvalue weighted by Gasteiger charge is -2.35. The Bertz CT molecular complexity index is 2440. The first-order chi connectivity index (χ1) is 25.2. The molecule has 9 rings (SSSR count). The largest absolute Gasteiger partial charge is 0.438 e. The highest BCUT2D eigenvalue weighted by atomic mass is 15.2. The van der Waals surface area contributed by atoms with E-state index in [1.54, 1.807) is 0 Å². The second kappa shape index (κ2) is 12.6. The van der Waals surface area contributed by atoms with Gasteiger partial charge < -0.3 is 10.3 Å². The van der Waals surface area contributed by atoms with E-state index in [1.807, 2.05) is 72.8 Å². The van der Waals surface area contributed by atoms with Crippen LogP contribution in [0.15, 0.2) is 192 Å². The van der Waals surface area contributed by atoms with Gasteiger partial charge in [-0.1, -0.05) is 164 Å². The fourth-order valence-electron chi connectivity index (χ4n) is 7.60. The molecule has 0 saturated carbocycles. The lowest BCUT2D eigenvalue weighted by molar-refractivity contribution is 0.768. The number of fused-ring (bicyclic) bond motifs is 3. The topological polar surface area (TPSA) is 62.6 Å². The zero-order chi connectivity index (χ0) is 34.2. The minimum absolute atomic E-state index is 0.414. The van der Waals surface area contributed by atoms with Crippen LogP contribution in [-0.4, -0.2) is 11.7 Å². The molecular formula is C47H31N4-. The van der Waals surface area contributed by atoms with Crippen LogP contribution in [-0.2, 0) is 5.41 Å². The van der Waals surface area contributed by atoms with Gasteiger partial charge in [-0.3, -0.25) is 4.99 Å². The SMILES string of the molecule is N#Cc1ccc(-c2ccc3c(c2)C(c2ccccc2)(c2ccccc2)c2cc(C4=NC(c5ccccc5)=NC(c5ccccc5)[N-]4)ccc2-3)cc1. The predicted octanol–water partition coefficient (Wildman–Crippen LogP) is 10.9. The first-order valence-corrected chi connectivity index (χ1v) is 17.1. The van der Waals surface area contributed by atoms with Gasteiger partial charge in [0.25, 0.3) is 0 Å². The highest BCUT2D eigenvalue weighted by Crippen LogP contribution is 2.57. The van der Waals surface area contributed by atoms with E-state index in [-0.39, 0.29) is 0 Å². The molecule has 0 radical (unpaired) electrons. The minimum atomic E-state index is -0.615. The Labute approximate surface area is 297 Å². The first-order valence-electron chi connectivity index (χ1n) is 17.1. The summed E-state index contributed by atoms with van der Waals surface area (Å²) in [7, 11) is 0. The Morgan fingerprint density at radius 1 is 0.510 bits per heavy atom. The van der Waals surface area contributed by atoms with Gasteiger partial charge in [0.05, 0.1) is 29.0 Å². The predicted molar refractivity (Wildman–Crippen MR) is 206 cm³/mol. The Morgan fingerprint density at radius 3 is 1.61 bits per heavy atom. The van der Waals surface area contributed by atoms with Crippen LogP contribution in [0.3, 0.4) is 0 Å². The molecule has 0 amide bonds. The van der Waals surface area contributed by atoms with Crippen molar-refractivity contribution in [3.05, 3.63) is 232 Å². The van der Waals surface area contributed by atoms with E-state index in [1.165, 1.54) is 33.4 Å². The summed E-state index contributed by atoms with van der Waals surface area (Å²) in [5.41, 5.74) is 12.2. The Morgan fingerprint density at radius 2 is 1.02 bits per heavy atom. The molecule has 0 spiro atoms. The zero-order valence-electron chi connectivity index (χ0n) is 27.7. The first kappa shape index (κ1) is 30.2. The summed E-state index contributed by atoms with van der Waals surface area (Å²) in [6, 6.07) is 65.5. The van der Waals surface area contributed by atoms with Crippen molar-refractivity contribution in [3.63, 3.8) is 0 Å². The van der Waals surface area contributed by atoms with E-state index in [2.05, 4.69) is 115 Å². The van der Waals surface area contributed by atoms with E-state index >= 15 is 0 Å². The van der Waals surface area contributed by atoms with Crippen molar-refractivity contribution in [3.8, 4) is 28.3 Å². The van der Waals surface area contributed by atoms with E-state index in [4.69, 9.17) is 15.3 Å². The van der Waals surface area contributed by atoms with Crippen LogP contribution in [0.2, 0.25) is 0 Å². The van der Waals surface area contributed by atoms with Gasteiger partial charge in [-0.25, -0.2) is 0 Å². The summed E-state index contributed by atoms with van der Waals surface area (Å²) < 4.78 is 0. The zero-order valence-corrected chi connectivity index (χ0v) is 27.7. The van der Waals surface area contributed by atoms with Crippen molar-refractivity contribution in [1.82, 2.24) is 0 Å². The molecule has 4 nitrogen and oxygen atoms in total. The van der Waals surface area contributed by atoms with Crippen LogP contribution in [0.1, 0.15) is 50.7 Å². The van der Waals surface area contributed by atoms with Crippen LogP contribution in [0.4, 0.5) is 0 Å². The van der Waals surface area contributed by atoms with Gasteiger partial charge in [0.15, 0.2) is 0 Å². The van der Waals surface area contributed by atoms with E-state index in [0.29, 0.717) is 17.2 Å². The van der Waals surface area contributed by atoms with Gasteiger partial charge in [-0.05, 0) is 85.5 Å². The maximum atomic E-state index is 9.44. The number of rotatable bonds is 6. The lowest BCUT2D eigenvalue weighted by Crippen LogP contribution is -2.29. The van der Waals surface area contributed by atoms with Crippen LogP contribution in [0.5, 0.6) is 0 Å². The number of amidine groups is 2. The Kier molecular flexibility index (Phi) is 7.45. The number of hydrogen-bond acceptors (Lipinski definition) is 3. The van der Waals surface area contributed by atoms with Crippen molar-refractivity contribution in [2.75, 3.05) is 0 Å². The van der Waals surface area contributed by atoms with Gasteiger partial charge in [0.1, 0.15) is 0 Å². The Hall–Kier alpha value is -6.83. The fraction of sp³-hybridized carbons (Fsp3) is 0.0426. The molecule has 1 unspecified atom stereocenters. The maximum absolute atomic E-state index is 9.44. The average Bonchev–Trinajstić information content (AvgIpc) is 3.51. The molecule has 0 aromatic heterocycles. The molecule has 1 heterocycles. The number of aliphatic imine (C=N–C) groups is 2. The molecule has 7 aromatic carbocycles. The van der Waals surface area contributed by atoms with Crippen molar-refractivity contribution in [1.29, 1.82) is 5.26 Å². The standard InChI is InChI=1S/C47H31N4/c48-31-32-21-23-33(24-22-32)36-25-27-40-41-28-26-37(46-50-44(34-13-5-1-6-14-34)49-45(51-46)35-15-7-2-8-16-35)30-43(41)47(42(40)29-36,38-17-9-3-10-18-38)39-19-11-4-12-20-39/h1-30,44H/q-1. The van der Waals surface area contributed by atoms with E-state index in [9.17, 15) is 5.26 Å². The summed E-state index contributed by atoms with van der Waals surface area (Å²) in [4.78, 5) is 10.1. The highest BCUT2D eigenvalue weighted by Gasteiger charge is 2.46. The molecule has 7 aromatic rings. The molecule has 1 aliphatic carbocycles. The van der Waals surface area contributed by atoms with Crippen LogP contribution >= 0.6 is 0 Å². The molecule has 2 aliphatic rings. The third-order valence-corrected chi connectivity index (χ3v) is 9.99. The fourth-order valence-corrected chi connectivity index (χ4v) is 7.60. The summed E-state index contributed by atoms with van der Waals surface area (Å²) in [5.74, 6) is 1.33. The van der Waals surface area contributed by atoms with Crippen molar-refractivity contribution in [2.24, 2.45) is 9.98 Å². The summed E-state index contributed by atoms with van der Waals surface area (Å²) in [6.07, 6.45) is -0.414. The van der Waals surface area contributed by atoms with Gasteiger partial charge >= 0.3 is 0 Å². The number of hydrogen-bond donors (Lipinski definition) is 0. The van der Waals surface area contributed by atoms with Crippen LogP contribution in [0.25, 0.3) is 27.6 Å². The van der Waals surface area contributed by atoms with Gasteiger partial charge in [0.2, 0.25) is 0 Å². The smallest absolute Gasteiger partial charge is 0.0991 e. The quantitative estimate of drug-likeness (QED) is 0.176. The lowest BCUT2D eigenvalue weighted by atomic mass is 9.67. The number of nitrogens with zero attached hydrogens (tertiary/aromatic N) is 4. The maximum Gasteiger partial charge on any atom is 0.0991 e. The van der Waals surface area contributed by atoms with Crippen LogP contribution in [0, 0.1) is 11.3 Å². The second-order valence-electron chi connectivity index (χ2n) is 12.9. The van der Waals surface area contributed by atoms with E-state index in [0.717, 1.165) is 27.8 Å². The monoisotopic (exact) mass is 651 g/mol. The third kappa shape index (κ3) is 5.15. The molecule has 0 bridgehead atoms. The van der Waals surface area contributed by atoms with E-state index < -0.39 is 11.6 Å². The molecular weight excluding hydrogens is 621 g/mol. The summed E-state index contributed by atoms with van der Waals surface area (Å²) >= 11 is 0. The molecule has 0 saturated heterocycles. The summed E-state index contributed by atoms with van der Waals surface area (Å²) in [5, 5.41) is 14.6. The molecule has 51 heavy (non-hydrogen) atoms. The molecule has 4 heteroatoms. The van der Waals surface area contributed by atoms with Gasteiger partial charge in [0, 0.05) is 0 Å². The van der Waals surface area contributed by atoms with Crippen molar-refractivity contribution in [2.45, 2.75) is 11.6 Å². The van der Waals surface area contributed by atoms with Crippen molar-refractivity contribution >= 4 is 11.7 Å². The van der Waals surface area contributed by atoms with Gasteiger partial charge in [-0.2, -0.15) is 5.26 Å². The number of benzene rings is 7. The molecule has 1 aliphatic heterocycles. The molecule has 240 valence electrons. The van der Waals surface area contributed by atoms with Gasteiger partial charge in [-0.15, -0.1) is 0 Å². The molecule has 1 atom stereocenters. The van der Waals surface area contributed by atoms with Crippen LogP contribution < -0.4 is 0 Å². The average molecular weight is 652 g/mol. The number of nitriles is 1. The minimum Gasteiger partial charge on any atom is -0.438 e. The van der Waals surface area contributed by atoms with Crippen molar-refractivity contribution < 1.29 is 0 Å².